The van der Waals surface area contributed by atoms with Crippen molar-refractivity contribution in [1.29, 1.82) is 5.41 Å². The minimum absolute atomic E-state index is 0.00666. The summed E-state index contributed by atoms with van der Waals surface area (Å²) >= 11 is 0. The van der Waals surface area contributed by atoms with Gasteiger partial charge in [0.15, 0.2) is 11.8 Å². The first kappa shape index (κ1) is 19.4. The number of carboxylic acid groups (broad SMARTS) is 1. The molecule has 12 heteroatoms. The molecule has 8 N–H and O–H groups in total. The summed E-state index contributed by atoms with van der Waals surface area (Å²) < 4.78 is 5.06. The SMILES string of the molecule is N=C(N)NCCC[C@H](N)c1noc(CNC(=O)N2CCC[C@@H]2C(=O)O)n1. The Morgan fingerprint density at radius 1 is 1.46 bits per heavy atom. The maximum absolute atomic E-state index is 12.1. The van der Waals surface area contributed by atoms with Gasteiger partial charge in [-0.05, 0) is 25.7 Å². The lowest BCUT2D eigenvalue weighted by molar-refractivity contribution is -0.141. The number of amides is 2. The number of nitrogens with two attached hydrogens (primary N) is 2. The Morgan fingerprint density at radius 3 is 2.92 bits per heavy atom. The standard InChI is InChI=1S/C14H24N8O4/c15-8(3-1-5-18-13(16)17)11-20-10(26-21-11)7-19-14(25)22-6-2-4-9(22)12(23)24/h8-9H,1-7,15H2,(H,19,25)(H,23,24)(H4,16,17,18)/t8-,9+/m0/s1. The number of carbonyl (C=O) groups is 2. The fraction of sp³-hybridized carbons (Fsp3) is 0.643. The summed E-state index contributed by atoms with van der Waals surface area (Å²) in [6, 6.07) is -1.72. The van der Waals surface area contributed by atoms with Crippen LogP contribution in [-0.4, -0.2) is 57.2 Å². The van der Waals surface area contributed by atoms with Gasteiger partial charge in [-0.3, -0.25) is 5.41 Å². The molecular weight excluding hydrogens is 344 g/mol. The van der Waals surface area contributed by atoms with E-state index < -0.39 is 24.1 Å². The lowest BCUT2D eigenvalue weighted by Crippen LogP contribution is -2.45. The van der Waals surface area contributed by atoms with Crippen LogP contribution in [0.25, 0.3) is 0 Å². The molecule has 0 saturated carbocycles. The third-order valence-corrected chi connectivity index (χ3v) is 4.01. The number of carbonyl (C=O) groups excluding carboxylic acids is 1. The van der Waals surface area contributed by atoms with Crippen LogP contribution in [0, 0.1) is 5.41 Å². The van der Waals surface area contributed by atoms with Crippen molar-refractivity contribution < 1.29 is 19.2 Å². The van der Waals surface area contributed by atoms with Crippen molar-refractivity contribution in [2.45, 2.75) is 44.3 Å². The third kappa shape index (κ3) is 5.31. The molecule has 26 heavy (non-hydrogen) atoms. The lowest BCUT2D eigenvalue weighted by Gasteiger charge is -2.21. The Kier molecular flexibility index (Phi) is 6.72. The highest BCUT2D eigenvalue weighted by molar-refractivity contribution is 5.83. The predicted octanol–water partition coefficient (Wildman–Crippen LogP) is -0.909. The van der Waals surface area contributed by atoms with Crippen LogP contribution in [0.15, 0.2) is 4.52 Å². The molecule has 2 heterocycles. The van der Waals surface area contributed by atoms with E-state index in [0.717, 1.165) is 0 Å². The number of urea groups is 1. The first-order chi connectivity index (χ1) is 12.4. The summed E-state index contributed by atoms with van der Waals surface area (Å²) in [6.45, 7) is 0.911. The van der Waals surface area contributed by atoms with Crippen molar-refractivity contribution in [2.75, 3.05) is 13.1 Å². The number of rotatable bonds is 8. The van der Waals surface area contributed by atoms with E-state index in [-0.39, 0.29) is 18.4 Å². The largest absolute Gasteiger partial charge is 0.480 e. The molecule has 144 valence electrons. The van der Waals surface area contributed by atoms with Crippen LogP contribution in [-0.2, 0) is 11.3 Å². The number of hydrogen-bond donors (Lipinski definition) is 6. The fourth-order valence-corrected chi connectivity index (χ4v) is 2.68. The van der Waals surface area contributed by atoms with Gasteiger partial charge in [-0.1, -0.05) is 5.16 Å². The maximum Gasteiger partial charge on any atom is 0.326 e. The van der Waals surface area contributed by atoms with E-state index in [2.05, 4.69) is 20.8 Å². The number of aromatic nitrogens is 2. The van der Waals surface area contributed by atoms with Gasteiger partial charge >= 0.3 is 12.0 Å². The van der Waals surface area contributed by atoms with E-state index in [9.17, 15) is 9.59 Å². The van der Waals surface area contributed by atoms with Crippen LogP contribution < -0.4 is 22.1 Å². The molecular formula is C14H24N8O4. The third-order valence-electron chi connectivity index (χ3n) is 4.01. The van der Waals surface area contributed by atoms with E-state index in [1.165, 1.54) is 4.90 Å². The van der Waals surface area contributed by atoms with Crippen molar-refractivity contribution >= 4 is 18.0 Å². The summed E-state index contributed by atoms with van der Waals surface area (Å²) in [4.78, 5) is 28.6. The zero-order valence-corrected chi connectivity index (χ0v) is 14.3. The molecule has 1 aromatic heterocycles. The molecule has 0 unspecified atom stereocenters. The molecule has 0 aliphatic carbocycles. The van der Waals surface area contributed by atoms with Gasteiger partial charge in [-0.15, -0.1) is 0 Å². The first-order valence-electron chi connectivity index (χ1n) is 8.31. The molecule has 12 nitrogen and oxygen atoms in total. The summed E-state index contributed by atoms with van der Waals surface area (Å²) in [5, 5.41) is 25.2. The van der Waals surface area contributed by atoms with Gasteiger partial charge < -0.3 is 36.6 Å². The molecule has 0 aromatic carbocycles. The van der Waals surface area contributed by atoms with Crippen LogP contribution >= 0.6 is 0 Å². The van der Waals surface area contributed by atoms with Crippen LogP contribution in [0.2, 0.25) is 0 Å². The summed E-state index contributed by atoms with van der Waals surface area (Å²) in [7, 11) is 0. The zero-order chi connectivity index (χ0) is 19.1. The molecule has 2 atom stereocenters. The van der Waals surface area contributed by atoms with Gasteiger partial charge in [-0.2, -0.15) is 4.98 Å². The normalized spacial score (nSPS) is 17.7. The molecule has 0 radical (unpaired) electrons. The molecule has 1 aliphatic heterocycles. The van der Waals surface area contributed by atoms with Gasteiger partial charge in [0.05, 0.1) is 12.6 Å². The molecule has 1 aromatic rings. The number of aliphatic carboxylic acids is 1. The molecule has 1 aliphatic rings. The highest BCUT2D eigenvalue weighted by Gasteiger charge is 2.34. The predicted molar refractivity (Wildman–Crippen MR) is 90.0 cm³/mol. The van der Waals surface area contributed by atoms with Gasteiger partial charge in [0.1, 0.15) is 6.04 Å². The summed E-state index contributed by atoms with van der Waals surface area (Å²) in [5.41, 5.74) is 11.2. The quantitative estimate of drug-likeness (QED) is 0.191. The van der Waals surface area contributed by atoms with Crippen LogP contribution in [0.4, 0.5) is 4.79 Å². The van der Waals surface area contributed by atoms with E-state index in [1.807, 2.05) is 0 Å². The van der Waals surface area contributed by atoms with E-state index in [0.29, 0.717) is 44.6 Å². The van der Waals surface area contributed by atoms with Gasteiger partial charge in [0.2, 0.25) is 5.89 Å². The smallest absolute Gasteiger partial charge is 0.326 e. The summed E-state index contributed by atoms with van der Waals surface area (Å²) in [6.07, 6.45) is 2.34. The highest BCUT2D eigenvalue weighted by Crippen LogP contribution is 2.17. The van der Waals surface area contributed by atoms with Gasteiger partial charge in [0, 0.05) is 13.1 Å². The highest BCUT2D eigenvalue weighted by atomic mass is 16.5. The number of nitrogens with one attached hydrogen (secondary N) is 3. The molecule has 2 amide bonds. The minimum Gasteiger partial charge on any atom is -0.480 e. The van der Waals surface area contributed by atoms with Crippen molar-refractivity contribution in [3.05, 3.63) is 11.7 Å². The average molecular weight is 368 g/mol. The first-order valence-corrected chi connectivity index (χ1v) is 8.31. The van der Waals surface area contributed by atoms with Gasteiger partial charge in [0.25, 0.3) is 0 Å². The summed E-state index contributed by atoms with van der Waals surface area (Å²) in [5.74, 6) is -0.597. The van der Waals surface area contributed by atoms with E-state index >= 15 is 0 Å². The van der Waals surface area contributed by atoms with E-state index in [1.54, 1.807) is 0 Å². The van der Waals surface area contributed by atoms with Crippen LogP contribution in [0.1, 0.15) is 43.4 Å². The number of guanidine groups is 1. The van der Waals surface area contributed by atoms with Crippen molar-refractivity contribution in [1.82, 2.24) is 25.7 Å². The Labute approximate surface area is 149 Å². The van der Waals surface area contributed by atoms with Crippen molar-refractivity contribution in [3.8, 4) is 0 Å². The minimum atomic E-state index is -1.01. The molecule has 2 rings (SSSR count). The average Bonchev–Trinajstić information content (AvgIpc) is 3.25. The fourth-order valence-electron chi connectivity index (χ4n) is 2.68. The molecule has 0 bridgehead atoms. The monoisotopic (exact) mass is 368 g/mol. The Morgan fingerprint density at radius 2 is 2.23 bits per heavy atom. The zero-order valence-electron chi connectivity index (χ0n) is 14.3. The Hall–Kier alpha value is -2.89. The van der Waals surface area contributed by atoms with Gasteiger partial charge in [-0.25, -0.2) is 9.59 Å². The number of likely N-dealkylation sites (tertiary alicyclic amines) is 1. The van der Waals surface area contributed by atoms with Crippen molar-refractivity contribution in [2.24, 2.45) is 11.5 Å². The maximum atomic E-state index is 12.1. The second-order valence-corrected chi connectivity index (χ2v) is 5.98. The van der Waals surface area contributed by atoms with Crippen LogP contribution in [0.5, 0.6) is 0 Å². The molecule has 1 saturated heterocycles. The number of hydrogen-bond acceptors (Lipinski definition) is 7. The van der Waals surface area contributed by atoms with E-state index in [4.69, 9.17) is 26.5 Å². The Balaban J connectivity index is 1.78. The number of carboxylic acids is 1. The van der Waals surface area contributed by atoms with Crippen LogP contribution in [0.3, 0.4) is 0 Å². The Bertz CT molecular complexity index is 649. The molecule has 0 spiro atoms. The van der Waals surface area contributed by atoms with Crippen molar-refractivity contribution in [3.63, 3.8) is 0 Å². The second kappa shape index (κ2) is 8.99. The second-order valence-electron chi connectivity index (χ2n) is 5.98. The lowest BCUT2D eigenvalue weighted by atomic mass is 10.1. The number of nitrogens with zero attached hydrogens (tertiary/aromatic N) is 3. The molecule has 1 fully saturated rings. The topological polar surface area (TPSA) is 196 Å².